The van der Waals surface area contributed by atoms with E-state index in [9.17, 15) is 14.3 Å². The smallest absolute Gasteiger partial charge is 0.319 e. The summed E-state index contributed by atoms with van der Waals surface area (Å²) < 4.78 is 23.6. The van der Waals surface area contributed by atoms with E-state index in [1.807, 2.05) is 6.92 Å². The number of carbonyl (C=O) groups excluding carboxylic acids is 1. The van der Waals surface area contributed by atoms with Crippen molar-refractivity contribution in [3.05, 3.63) is 48.4 Å². The van der Waals surface area contributed by atoms with E-state index >= 15 is 0 Å². The Morgan fingerprint density at radius 1 is 1.32 bits per heavy atom. The van der Waals surface area contributed by atoms with E-state index in [0.717, 1.165) is 0 Å². The summed E-state index contributed by atoms with van der Waals surface area (Å²) in [6.45, 7) is 2.11. The number of halogens is 1. The van der Waals surface area contributed by atoms with Gasteiger partial charge in [-0.15, -0.1) is 0 Å². The Bertz CT molecular complexity index is 699. The summed E-state index contributed by atoms with van der Waals surface area (Å²) >= 11 is 0. The fourth-order valence-corrected chi connectivity index (χ4v) is 1.92. The third kappa shape index (κ3) is 6.27. The fourth-order valence-electron chi connectivity index (χ4n) is 1.92. The third-order valence-corrected chi connectivity index (χ3v) is 3.04. The predicted octanol–water partition coefficient (Wildman–Crippen LogP) is 2.18. The van der Waals surface area contributed by atoms with Crippen LogP contribution in [0.25, 0.3) is 0 Å². The number of nitrogens with one attached hydrogen (secondary N) is 2. The number of nitrogens with zero attached hydrogens (tertiary/aromatic N) is 1. The molecule has 134 valence electrons. The minimum Gasteiger partial charge on any atom is -0.491 e. The number of pyridine rings is 1. The van der Waals surface area contributed by atoms with E-state index < -0.39 is 18.0 Å². The lowest BCUT2D eigenvalue weighted by Crippen LogP contribution is -2.37. The molecule has 0 radical (unpaired) electrons. The van der Waals surface area contributed by atoms with Gasteiger partial charge >= 0.3 is 6.03 Å². The van der Waals surface area contributed by atoms with Crippen LogP contribution in [0.5, 0.6) is 11.6 Å². The molecule has 2 amide bonds. The van der Waals surface area contributed by atoms with E-state index in [-0.39, 0.29) is 13.2 Å². The number of urea groups is 1. The van der Waals surface area contributed by atoms with Crippen molar-refractivity contribution in [3.8, 4) is 11.6 Å². The molecule has 3 N–H and O–H groups in total. The summed E-state index contributed by atoms with van der Waals surface area (Å²) in [6, 6.07) is 8.40. The van der Waals surface area contributed by atoms with Crippen molar-refractivity contribution < 1.29 is 23.8 Å². The zero-order chi connectivity index (χ0) is 18.1. The molecule has 1 heterocycles. The van der Waals surface area contributed by atoms with Gasteiger partial charge in [-0.25, -0.2) is 14.2 Å². The first-order valence-corrected chi connectivity index (χ1v) is 7.77. The SMILES string of the molecule is CCOc1ncccc1NC(=O)NC[C@@H](O)COc1cccc(F)c1. The van der Waals surface area contributed by atoms with Gasteiger partial charge in [-0.05, 0) is 31.2 Å². The van der Waals surface area contributed by atoms with E-state index in [0.29, 0.717) is 23.9 Å². The molecule has 0 bridgehead atoms. The van der Waals surface area contributed by atoms with Crippen molar-refractivity contribution in [2.24, 2.45) is 0 Å². The van der Waals surface area contributed by atoms with Crippen LogP contribution in [0.1, 0.15) is 6.92 Å². The fraction of sp³-hybridized carbons (Fsp3) is 0.294. The molecular formula is C17H20FN3O4. The largest absolute Gasteiger partial charge is 0.491 e. The lowest BCUT2D eigenvalue weighted by atomic mass is 10.3. The number of carbonyl (C=O) groups is 1. The van der Waals surface area contributed by atoms with Gasteiger partial charge in [-0.1, -0.05) is 6.07 Å². The average molecular weight is 349 g/mol. The standard InChI is InChI=1S/C17H20FN3O4/c1-2-24-16-15(7-4-8-19-16)21-17(23)20-10-13(22)11-25-14-6-3-5-12(18)9-14/h3-9,13,22H,2,10-11H2,1H3,(H2,20,21,23)/t13-/m1/s1. The minimum absolute atomic E-state index is 0.0363. The zero-order valence-electron chi connectivity index (χ0n) is 13.7. The van der Waals surface area contributed by atoms with Crippen LogP contribution in [0, 0.1) is 5.82 Å². The Balaban J connectivity index is 1.76. The molecule has 0 aliphatic heterocycles. The van der Waals surface area contributed by atoms with Gasteiger partial charge in [0.05, 0.1) is 6.61 Å². The lowest BCUT2D eigenvalue weighted by molar-refractivity contribution is 0.108. The van der Waals surface area contributed by atoms with Crippen LogP contribution >= 0.6 is 0 Å². The van der Waals surface area contributed by atoms with Gasteiger partial charge in [-0.3, -0.25) is 0 Å². The maximum Gasteiger partial charge on any atom is 0.319 e. The molecule has 1 aromatic heterocycles. The van der Waals surface area contributed by atoms with Gasteiger partial charge in [0.15, 0.2) is 0 Å². The Kier molecular flexibility index (Phi) is 6.97. The van der Waals surface area contributed by atoms with Crippen LogP contribution in [0.4, 0.5) is 14.9 Å². The molecule has 0 unspecified atom stereocenters. The number of rotatable bonds is 8. The molecule has 0 aliphatic rings. The molecule has 0 saturated heterocycles. The highest BCUT2D eigenvalue weighted by atomic mass is 19.1. The van der Waals surface area contributed by atoms with Gasteiger partial charge in [-0.2, -0.15) is 0 Å². The first-order valence-electron chi connectivity index (χ1n) is 7.77. The summed E-state index contributed by atoms with van der Waals surface area (Å²) in [4.78, 5) is 15.9. The lowest BCUT2D eigenvalue weighted by Gasteiger charge is -2.14. The molecule has 1 aromatic carbocycles. The summed E-state index contributed by atoms with van der Waals surface area (Å²) in [6.07, 6.45) is 0.607. The van der Waals surface area contributed by atoms with E-state index in [2.05, 4.69) is 15.6 Å². The van der Waals surface area contributed by atoms with Gasteiger partial charge in [0.25, 0.3) is 0 Å². The van der Waals surface area contributed by atoms with Crippen molar-refractivity contribution in [3.63, 3.8) is 0 Å². The van der Waals surface area contributed by atoms with Crippen LogP contribution in [-0.2, 0) is 0 Å². The van der Waals surface area contributed by atoms with Gasteiger partial charge in [0.2, 0.25) is 5.88 Å². The molecule has 0 aliphatic carbocycles. The maximum absolute atomic E-state index is 13.0. The molecule has 0 saturated carbocycles. The number of aromatic nitrogens is 1. The van der Waals surface area contributed by atoms with E-state index in [1.165, 1.54) is 18.2 Å². The predicted molar refractivity (Wildman–Crippen MR) is 90.3 cm³/mol. The van der Waals surface area contributed by atoms with Crippen molar-refractivity contribution in [1.29, 1.82) is 0 Å². The number of ether oxygens (including phenoxy) is 2. The van der Waals surface area contributed by atoms with E-state index in [4.69, 9.17) is 9.47 Å². The van der Waals surface area contributed by atoms with Crippen LogP contribution in [-0.4, -0.2) is 42.0 Å². The van der Waals surface area contributed by atoms with Crippen LogP contribution in [0.3, 0.4) is 0 Å². The highest BCUT2D eigenvalue weighted by Crippen LogP contribution is 2.20. The second kappa shape index (κ2) is 9.43. The molecule has 7 nitrogen and oxygen atoms in total. The Hall–Kier alpha value is -2.87. The molecule has 0 fully saturated rings. The quantitative estimate of drug-likeness (QED) is 0.679. The van der Waals surface area contributed by atoms with Crippen LogP contribution < -0.4 is 20.1 Å². The monoisotopic (exact) mass is 349 g/mol. The summed E-state index contributed by atoms with van der Waals surface area (Å²) in [5.74, 6) is 0.196. The molecule has 2 aromatic rings. The van der Waals surface area contributed by atoms with Crippen LogP contribution in [0.2, 0.25) is 0 Å². The number of amides is 2. The first kappa shape index (κ1) is 18.5. The highest BCUT2D eigenvalue weighted by Gasteiger charge is 2.11. The highest BCUT2D eigenvalue weighted by molar-refractivity contribution is 5.90. The Morgan fingerprint density at radius 3 is 2.92 bits per heavy atom. The molecule has 1 atom stereocenters. The van der Waals surface area contributed by atoms with Crippen molar-refractivity contribution in [2.45, 2.75) is 13.0 Å². The number of aliphatic hydroxyl groups excluding tert-OH is 1. The second-order valence-electron chi connectivity index (χ2n) is 5.05. The zero-order valence-corrected chi connectivity index (χ0v) is 13.7. The molecule has 0 spiro atoms. The Labute approximate surface area is 144 Å². The number of benzene rings is 1. The van der Waals surface area contributed by atoms with Crippen molar-refractivity contribution in [2.75, 3.05) is 25.1 Å². The second-order valence-corrected chi connectivity index (χ2v) is 5.05. The van der Waals surface area contributed by atoms with Gasteiger partial charge in [0, 0.05) is 18.8 Å². The minimum atomic E-state index is -0.950. The van der Waals surface area contributed by atoms with Gasteiger partial charge in [0.1, 0.15) is 30.0 Å². The van der Waals surface area contributed by atoms with Crippen LogP contribution in [0.15, 0.2) is 42.6 Å². The van der Waals surface area contributed by atoms with Crippen molar-refractivity contribution >= 4 is 11.7 Å². The maximum atomic E-state index is 13.0. The summed E-state index contributed by atoms with van der Waals surface area (Å²) in [5.41, 5.74) is 0.423. The molecule has 2 rings (SSSR count). The summed E-state index contributed by atoms with van der Waals surface area (Å²) in [5, 5.41) is 14.9. The summed E-state index contributed by atoms with van der Waals surface area (Å²) in [7, 11) is 0. The number of aliphatic hydroxyl groups is 1. The number of hydrogen-bond donors (Lipinski definition) is 3. The molecule has 8 heteroatoms. The third-order valence-electron chi connectivity index (χ3n) is 3.04. The normalized spacial score (nSPS) is 11.5. The number of hydrogen-bond acceptors (Lipinski definition) is 5. The van der Waals surface area contributed by atoms with Crippen molar-refractivity contribution in [1.82, 2.24) is 10.3 Å². The average Bonchev–Trinajstić information content (AvgIpc) is 2.60. The topological polar surface area (TPSA) is 92.7 Å². The first-order chi connectivity index (χ1) is 12.1. The Morgan fingerprint density at radius 2 is 2.16 bits per heavy atom. The molecular weight excluding hydrogens is 329 g/mol. The number of anilines is 1. The molecule has 25 heavy (non-hydrogen) atoms. The van der Waals surface area contributed by atoms with Gasteiger partial charge < -0.3 is 25.2 Å². The van der Waals surface area contributed by atoms with E-state index in [1.54, 1.807) is 24.4 Å².